The minimum Gasteiger partial charge on any atom is -0.464 e. The Kier molecular flexibility index (Phi) is 18.8. The number of benzene rings is 1. The molecule has 9 atom stereocenters. The molecule has 2 saturated carbocycles. The molecule has 0 heterocycles. The van der Waals surface area contributed by atoms with Crippen molar-refractivity contribution >= 4 is 74.3 Å². The molecule has 1 aromatic carbocycles. The molecule has 0 aliphatic heterocycles. The predicted octanol–water partition coefficient (Wildman–Crippen LogP) is 0.961. The Morgan fingerprint density at radius 1 is 0.830 bits per heavy atom. The van der Waals surface area contributed by atoms with Gasteiger partial charge in [-0.15, -0.1) is 0 Å². The number of nitrogens with one attached hydrogen (secondary N) is 4. The molecule has 0 aromatic heterocycles. The summed E-state index contributed by atoms with van der Waals surface area (Å²) in [6, 6.07) is 5.79. The van der Waals surface area contributed by atoms with E-state index in [4.69, 9.17) is 21.0 Å². The van der Waals surface area contributed by atoms with Crippen molar-refractivity contribution in [2.75, 3.05) is 19.8 Å². The molecule has 0 saturated heterocycles. The highest BCUT2D eigenvalue weighted by Gasteiger charge is 2.42. The number of hydroxylamine groups is 1. The van der Waals surface area contributed by atoms with E-state index in [-0.39, 0.29) is 63.0 Å². The number of carbonyl (C=O) groups is 7. The number of rotatable bonds is 19. The molecule has 7 unspecified atom stereocenters. The molecule has 2 fully saturated rings. The first-order valence-electron chi connectivity index (χ1n) is 17.6. The highest BCUT2D eigenvalue weighted by molar-refractivity contribution is 8.17. The van der Waals surface area contributed by atoms with E-state index in [0.717, 1.165) is 40.8 Å². The molecule has 0 bridgehead atoms. The van der Waals surface area contributed by atoms with E-state index < -0.39 is 53.9 Å². The summed E-state index contributed by atoms with van der Waals surface area (Å²) in [6.07, 6.45) is 1.71. The van der Waals surface area contributed by atoms with Crippen LogP contribution in [0.3, 0.4) is 0 Å². The maximum atomic E-state index is 13.7. The lowest BCUT2D eigenvalue weighted by atomic mass is 9.88. The Balaban J connectivity index is 1.73. The normalized spacial score (nSPS) is 25.1. The van der Waals surface area contributed by atoms with Gasteiger partial charge in [-0.25, -0.2) is 0 Å². The molecule has 15 nitrogen and oxygen atoms in total. The van der Waals surface area contributed by atoms with Crippen molar-refractivity contribution in [3.8, 4) is 0 Å². The van der Waals surface area contributed by atoms with Gasteiger partial charge in [-0.3, -0.25) is 38.9 Å². The van der Waals surface area contributed by atoms with E-state index in [0.29, 0.717) is 32.3 Å². The van der Waals surface area contributed by atoms with E-state index in [1.165, 1.54) is 20.8 Å². The number of nitrogens with two attached hydrogens (primary N) is 2. The maximum Gasteiger partial charge on any atom is 0.323 e. The Hall–Kier alpha value is -3.00. The molecule has 18 heteroatoms. The maximum absolute atomic E-state index is 13.7. The fourth-order valence-electron chi connectivity index (χ4n) is 6.55. The minimum atomic E-state index is -1.06. The number of amides is 3. The summed E-state index contributed by atoms with van der Waals surface area (Å²) in [5, 5.41) is 8.21. The first-order chi connectivity index (χ1) is 25.2. The van der Waals surface area contributed by atoms with Crippen molar-refractivity contribution < 1.29 is 43.1 Å². The topological polar surface area (TPSA) is 238 Å². The quantitative estimate of drug-likeness (QED) is 0.0650. The zero-order valence-electron chi connectivity index (χ0n) is 30.5. The fourth-order valence-corrected chi connectivity index (χ4v) is 9.95. The summed E-state index contributed by atoms with van der Waals surface area (Å²) in [4.78, 5) is 92.9. The molecule has 53 heavy (non-hydrogen) atoms. The average molecular weight is 797 g/mol. The highest BCUT2D eigenvalue weighted by Crippen LogP contribution is 2.38. The Morgan fingerprint density at radius 3 is 2.04 bits per heavy atom. The molecule has 8 N–H and O–H groups in total. The molecule has 0 radical (unpaired) electrons. The van der Waals surface area contributed by atoms with Crippen molar-refractivity contribution in [2.45, 2.75) is 112 Å². The third-order valence-corrected chi connectivity index (χ3v) is 12.4. The van der Waals surface area contributed by atoms with Crippen LogP contribution in [0.15, 0.2) is 30.3 Å². The molecule has 0 spiro atoms. The van der Waals surface area contributed by atoms with Gasteiger partial charge in [0, 0.05) is 61.1 Å². The monoisotopic (exact) mass is 796 g/mol. The minimum absolute atomic E-state index is 0.00850. The van der Waals surface area contributed by atoms with Crippen molar-refractivity contribution in [1.29, 1.82) is 0 Å². The van der Waals surface area contributed by atoms with E-state index in [1.807, 2.05) is 30.3 Å². The van der Waals surface area contributed by atoms with Crippen LogP contribution in [-0.2, 0) is 49.6 Å². The highest BCUT2D eigenvalue weighted by atomic mass is 32.2. The standard InChI is InChI=1S/C35H52N6O9S3/c1-5-50-38-18-32(45)40-28-17-31(53-21(4)44)30(52-20(3)43)16-27(28)39-29(13-22-9-7-6-8-10-22)35(48)49-12-11-25(36)34(47)41-26-15-23(51-19(2)42)14-24(26)33(37)46/h6-10,23-31,38-39H,5,11-18,36H2,1-4H3,(H2,37,46)(H,40,45)(H,41,47)/t23?,24?,25-,26?,27?,28?,29-,30?,31?/m0/s1. The molecular formula is C35H52N6O9S3. The van der Waals surface area contributed by atoms with Gasteiger partial charge in [-0.05, 0) is 44.6 Å². The molecule has 3 amide bonds. The number of hydrogen-bond acceptors (Lipinski definition) is 15. The SMILES string of the molecule is CCONCC(=O)NC1CC(SC(C)=O)C(SC(C)=O)CC1N[C@@H](Cc1ccccc1)C(=O)OCC[C@H](N)C(=O)NC1CC(SC(C)=O)CC1C(N)=O. The van der Waals surface area contributed by atoms with Crippen molar-refractivity contribution in [2.24, 2.45) is 17.4 Å². The lowest BCUT2D eigenvalue weighted by molar-refractivity contribution is -0.147. The van der Waals surface area contributed by atoms with Crippen molar-refractivity contribution in [3.63, 3.8) is 0 Å². The second-order valence-electron chi connectivity index (χ2n) is 13.1. The Morgan fingerprint density at radius 2 is 1.45 bits per heavy atom. The first-order valence-corrected chi connectivity index (χ1v) is 20.3. The summed E-state index contributed by atoms with van der Waals surface area (Å²) in [6.45, 7) is 6.21. The molecule has 2 aliphatic carbocycles. The van der Waals surface area contributed by atoms with Crippen LogP contribution < -0.4 is 32.9 Å². The first kappa shape index (κ1) is 44.4. The zero-order valence-corrected chi connectivity index (χ0v) is 33.0. The van der Waals surface area contributed by atoms with Gasteiger partial charge in [0.2, 0.25) is 17.7 Å². The smallest absolute Gasteiger partial charge is 0.323 e. The number of hydrogen-bond donors (Lipinski definition) is 6. The lowest BCUT2D eigenvalue weighted by Crippen LogP contribution is -2.61. The summed E-state index contributed by atoms with van der Waals surface area (Å²) < 4.78 is 5.68. The zero-order chi connectivity index (χ0) is 39.1. The second kappa shape index (κ2) is 22.4. The van der Waals surface area contributed by atoms with E-state index in [1.54, 1.807) is 6.92 Å². The van der Waals surface area contributed by atoms with Gasteiger partial charge in [0.15, 0.2) is 15.3 Å². The van der Waals surface area contributed by atoms with Crippen LogP contribution in [0.4, 0.5) is 0 Å². The predicted molar refractivity (Wildman–Crippen MR) is 205 cm³/mol. The molecular weight excluding hydrogens is 745 g/mol. The van der Waals surface area contributed by atoms with Gasteiger partial charge < -0.3 is 31.7 Å². The summed E-state index contributed by atoms with van der Waals surface area (Å²) in [5.41, 5.74) is 15.2. The fraction of sp³-hybridized carbons (Fsp3) is 0.629. The number of thioether (sulfide) groups is 3. The van der Waals surface area contributed by atoms with E-state index in [9.17, 15) is 33.6 Å². The van der Waals surface area contributed by atoms with Gasteiger partial charge in [-0.2, -0.15) is 5.48 Å². The van der Waals surface area contributed by atoms with Gasteiger partial charge in [0.1, 0.15) is 6.04 Å². The summed E-state index contributed by atoms with van der Waals surface area (Å²) >= 11 is 3.38. The number of ether oxygens (including phenoxy) is 1. The van der Waals surface area contributed by atoms with Crippen LogP contribution in [0.2, 0.25) is 0 Å². The van der Waals surface area contributed by atoms with Crippen LogP contribution >= 0.6 is 35.3 Å². The lowest BCUT2D eigenvalue weighted by Gasteiger charge is -2.42. The largest absolute Gasteiger partial charge is 0.464 e. The third-order valence-electron chi connectivity index (χ3n) is 8.87. The summed E-state index contributed by atoms with van der Waals surface area (Å²) in [5.74, 6) is -2.68. The van der Waals surface area contributed by atoms with Crippen LogP contribution in [0.25, 0.3) is 0 Å². The van der Waals surface area contributed by atoms with Crippen LogP contribution in [-0.4, -0.2) is 105 Å². The van der Waals surface area contributed by atoms with Crippen LogP contribution in [0.5, 0.6) is 0 Å². The number of esters is 1. The Labute approximate surface area is 323 Å². The number of carbonyl (C=O) groups excluding carboxylic acids is 7. The molecule has 294 valence electrons. The molecule has 1 aromatic rings. The van der Waals surface area contributed by atoms with Gasteiger partial charge in [-0.1, -0.05) is 65.6 Å². The molecule has 2 aliphatic rings. The summed E-state index contributed by atoms with van der Waals surface area (Å²) in [7, 11) is 0. The van der Waals surface area contributed by atoms with Crippen LogP contribution in [0, 0.1) is 5.92 Å². The average Bonchev–Trinajstić information content (AvgIpc) is 3.47. The molecule has 3 rings (SSSR count). The van der Waals surface area contributed by atoms with Gasteiger partial charge in [0.25, 0.3) is 0 Å². The van der Waals surface area contributed by atoms with E-state index >= 15 is 0 Å². The van der Waals surface area contributed by atoms with Crippen molar-refractivity contribution in [1.82, 2.24) is 21.4 Å². The van der Waals surface area contributed by atoms with Crippen molar-refractivity contribution in [3.05, 3.63) is 35.9 Å². The van der Waals surface area contributed by atoms with Gasteiger partial charge >= 0.3 is 5.97 Å². The second-order valence-corrected chi connectivity index (χ2v) is 17.4. The Bertz CT molecular complexity index is 1440. The third kappa shape index (κ3) is 15.3. The van der Waals surface area contributed by atoms with E-state index in [2.05, 4.69) is 21.4 Å². The van der Waals surface area contributed by atoms with Gasteiger partial charge in [0.05, 0.1) is 31.7 Å². The number of primary amides is 1. The van der Waals surface area contributed by atoms with Crippen LogP contribution in [0.1, 0.15) is 65.4 Å².